The summed E-state index contributed by atoms with van der Waals surface area (Å²) in [5.41, 5.74) is 4.89. The summed E-state index contributed by atoms with van der Waals surface area (Å²) in [6, 6.07) is 3.86. The molecule has 0 spiro atoms. The number of amides is 2. The zero-order valence-corrected chi connectivity index (χ0v) is 10.6. The average molecular weight is 290 g/mol. The number of thiocarbonyl (C=S) groups is 1. The van der Waals surface area contributed by atoms with Gasteiger partial charge in [-0.25, -0.2) is 4.39 Å². The SMILES string of the molecule is NC(=S)CNC(=O)C(=O)Nc1c(F)cccc1Cl. The van der Waals surface area contributed by atoms with Crippen LogP contribution in [0.4, 0.5) is 10.1 Å². The van der Waals surface area contributed by atoms with Gasteiger partial charge in [0.1, 0.15) is 5.82 Å². The number of halogens is 2. The fraction of sp³-hybridized carbons (Fsp3) is 0.100. The first kappa shape index (κ1) is 14.3. The predicted octanol–water partition coefficient (Wildman–Crippen LogP) is 0.820. The highest BCUT2D eigenvalue weighted by Crippen LogP contribution is 2.24. The van der Waals surface area contributed by atoms with Crippen molar-refractivity contribution in [2.75, 3.05) is 11.9 Å². The number of hydrogen-bond acceptors (Lipinski definition) is 3. The number of para-hydroxylation sites is 1. The smallest absolute Gasteiger partial charge is 0.313 e. The topological polar surface area (TPSA) is 84.2 Å². The Morgan fingerprint density at radius 2 is 2.06 bits per heavy atom. The van der Waals surface area contributed by atoms with E-state index in [0.29, 0.717) is 0 Å². The molecule has 1 aromatic rings. The molecule has 0 aliphatic heterocycles. The molecule has 8 heteroatoms. The van der Waals surface area contributed by atoms with Crippen molar-refractivity contribution in [1.82, 2.24) is 5.32 Å². The van der Waals surface area contributed by atoms with Crippen LogP contribution in [-0.2, 0) is 9.59 Å². The van der Waals surface area contributed by atoms with Gasteiger partial charge in [-0.15, -0.1) is 0 Å². The number of carbonyl (C=O) groups is 2. The summed E-state index contributed by atoms with van der Waals surface area (Å²) in [5, 5.41) is 4.21. The van der Waals surface area contributed by atoms with Gasteiger partial charge in [0.05, 0.1) is 22.2 Å². The van der Waals surface area contributed by atoms with E-state index in [1.165, 1.54) is 12.1 Å². The van der Waals surface area contributed by atoms with Gasteiger partial charge >= 0.3 is 11.8 Å². The summed E-state index contributed by atoms with van der Waals surface area (Å²) in [5.74, 6) is -2.78. The van der Waals surface area contributed by atoms with Crippen molar-refractivity contribution >= 4 is 46.3 Å². The molecule has 5 nitrogen and oxygen atoms in total. The van der Waals surface area contributed by atoms with Crippen LogP contribution in [0.3, 0.4) is 0 Å². The normalized spacial score (nSPS) is 9.67. The number of rotatable bonds is 3. The summed E-state index contributed by atoms with van der Waals surface area (Å²) >= 11 is 10.2. The average Bonchev–Trinajstić information content (AvgIpc) is 2.30. The lowest BCUT2D eigenvalue weighted by Crippen LogP contribution is -2.39. The molecular weight excluding hydrogens is 281 g/mol. The van der Waals surface area contributed by atoms with Gasteiger partial charge in [0.25, 0.3) is 0 Å². The van der Waals surface area contributed by atoms with Crippen LogP contribution in [0.25, 0.3) is 0 Å². The minimum atomic E-state index is -1.06. The zero-order chi connectivity index (χ0) is 13.7. The molecule has 0 saturated carbocycles. The molecule has 0 heterocycles. The summed E-state index contributed by atoms with van der Waals surface area (Å²) in [6.45, 7) is -0.118. The number of carbonyl (C=O) groups excluding carboxylic acids is 2. The molecule has 0 fully saturated rings. The zero-order valence-electron chi connectivity index (χ0n) is 9.00. The summed E-state index contributed by atoms with van der Waals surface area (Å²) < 4.78 is 13.3. The molecule has 0 unspecified atom stereocenters. The third-order valence-electron chi connectivity index (χ3n) is 1.83. The van der Waals surface area contributed by atoms with E-state index in [0.717, 1.165) is 6.07 Å². The Labute approximate surface area is 112 Å². The Hall–Kier alpha value is -1.73. The molecule has 0 aromatic heterocycles. The van der Waals surface area contributed by atoms with Crippen LogP contribution in [0.15, 0.2) is 18.2 Å². The lowest BCUT2D eigenvalue weighted by molar-refractivity contribution is -0.135. The molecule has 0 radical (unpaired) electrons. The van der Waals surface area contributed by atoms with Gasteiger partial charge in [0.2, 0.25) is 0 Å². The minimum Gasteiger partial charge on any atom is -0.392 e. The van der Waals surface area contributed by atoms with Crippen molar-refractivity contribution < 1.29 is 14.0 Å². The van der Waals surface area contributed by atoms with Crippen LogP contribution in [0.1, 0.15) is 0 Å². The van der Waals surface area contributed by atoms with Crippen LogP contribution in [0, 0.1) is 5.82 Å². The maximum atomic E-state index is 13.3. The van der Waals surface area contributed by atoms with E-state index in [-0.39, 0.29) is 22.2 Å². The molecule has 96 valence electrons. The molecule has 0 aliphatic carbocycles. The van der Waals surface area contributed by atoms with Gasteiger partial charge in [-0.05, 0) is 12.1 Å². The molecule has 18 heavy (non-hydrogen) atoms. The van der Waals surface area contributed by atoms with Gasteiger partial charge in [0, 0.05) is 0 Å². The highest BCUT2D eigenvalue weighted by Gasteiger charge is 2.17. The Morgan fingerprint density at radius 3 is 2.61 bits per heavy atom. The lowest BCUT2D eigenvalue weighted by atomic mass is 10.3. The molecule has 0 bridgehead atoms. The molecule has 0 saturated heterocycles. The second-order valence-corrected chi connectivity index (χ2v) is 4.13. The third kappa shape index (κ3) is 3.94. The third-order valence-corrected chi connectivity index (χ3v) is 2.29. The van der Waals surface area contributed by atoms with Crippen molar-refractivity contribution in [2.45, 2.75) is 0 Å². The summed E-state index contributed by atoms with van der Waals surface area (Å²) in [6.07, 6.45) is 0. The quantitative estimate of drug-likeness (QED) is 0.568. The van der Waals surface area contributed by atoms with Crippen LogP contribution >= 0.6 is 23.8 Å². The van der Waals surface area contributed by atoms with Gasteiger partial charge in [-0.1, -0.05) is 29.9 Å². The van der Waals surface area contributed by atoms with E-state index < -0.39 is 17.6 Å². The van der Waals surface area contributed by atoms with E-state index in [1.807, 2.05) is 0 Å². The second-order valence-electron chi connectivity index (χ2n) is 3.20. The van der Waals surface area contributed by atoms with Crippen LogP contribution in [0.5, 0.6) is 0 Å². The molecule has 2 amide bonds. The van der Waals surface area contributed by atoms with E-state index in [9.17, 15) is 14.0 Å². The number of nitrogens with two attached hydrogens (primary N) is 1. The van der Waals surface area contributed by atoms with Gasteiger partial charge < -0.3 is 16.4 Å². The summed E-state index contributed by atoms with van der Waals surface area (Å²) in [7, 11) is 0. The number of anilines is 1. The number of benzene rings is 1. The van der Waals surface area contributed by atoms with Crippen molar-refractivity contribution in [3.8, 4) is 0 Å². The van der Waals surface area contributed by atoms with Gasteiger partial charge in [-0.2, -0.15) is 0 Å². The molecular formula is C10H9ClFN3O2S. The maximum Gasteiger partial charge on any atom is 0.313 e. The molecule has 1 rings (SSSR count). The van der Waals surface area contributed by atoms with Crippen LogP contribution in [0.2, 0.25) is 5.02 Å². The second kappa shape index (κ2) is 6.27. The molecule has 0 aliphatic rings. The van der Waals surface area contributed by atoms with E-state index in [1.54, 1.807) is 0 Å². The fourth-order valence-electron chi connectivity index (χ4n) is 1.04. The Balaban J connectivity index is 2.70. The Kier molecular flexibility index (Phi) is 4.99. The molecule has 0 atom stereocenters. The van der Waals surface area contributed by atoms with Crippen molar-refractivity contribution in [3.63, 3.8) is 0 Å². The first-order valence-corrected chi connectivity index (χ1v) is 5.52. The standard InChI is InChI=1S/C10H9ClFN3O2S/c11-5-2-1-3-6(12)8(5)15-10(17)9(16)14-4-7(13)18/h1-3H,4H2,(H2,13,18)(H,14,16)(H,15,17). The largest absolute Gasteiger partial charge is 0.392 e. The molecule has 4 N–H and O–H groups in total. The highest BCUT2D eigenvalue weighted by molar-refractivity contribution is 7.80. The monoisotopic (exact) mass is 289 g/mol. The van der Waals surface area contributed by atoms with E-state index in [2.05, 4.69) is 22.9 Å². The molecule has 1 aromatic carbocycles. The van der Waals surface area contributed by atoms with Crippen LogP contribution < -0.4 is 16.4 Å². The first-order chi connectivity index (χ1) is 8.41. The van der Waals surface area contributed by atoms with Crippen molar-refractivity contribution in [2.24, 2.45) is 5.73 Å². The minimum absolute atomic E-state index is 0.00880. The van der Waals surface area contributed by atoms with Gasteiger partial charge in [-0.3, -0.25) is 9.59 Å². The maximum absolute atomic E-state index is 13.3. The first-order valence-electron chi connectivity index (χ1n) is 4.73. The summed E-state index contributed by atoms with van der Waals surface area (Å²) in [4.78, 5) is 22.7. The van der Waals surface area contributed by atoms with Crippen molar-refractivity contribution in [3.05, 3.63) is 29.0 Å². The highest BCUT2D eigenvalue weighted by atomic mass is 35.5. The van der Waals surface area contributed by atoms with Crippen LogP contribution in [-0.4, -0.2) is 23.3 Å². The Morgan fingerprint density at radius 1 is 1.39 bits per heavy atom. The number of hydrogen-bond donors (Lipinski definition) is 3. The fourth-order valence-corrected chi connectivity index (χ4v) is 1.32. The van der Waals surface area contributed by atoms with E-state index in [4.69, 9.17) is 17.3 Å². The van der Waals surface area contributed by atoms with Gasteiger partial charge in [0.15, 0.2) is 0 Å². The van der Waals surface area contributed by atoms with Crippen molar-refractivity contribution in [1.29, 1.82) is 0 Å². The Bertz CT molecular complexity index is 490. The number of nitrogens with one attached hydrogen (secondary N) is 2. The predicted molar refractivity (Wildman–Crippen MR) is 69.8 cm³/mol. The lowest BCUT2D eigenvalue weighted by Gasteiger charge is -2.08. The van der Waals surface area contributed by atoms with E-state index >= 15 is 0 Å².